The van der Waals surface area contributed by atoms with Gasteiger partial charge in [0.15, 0.2) is 11.6 Å². The summed E-state index contributed by atoms with van der Waals surface area (Å²) in [5.74, 6) is -0.466. The van der Waals surface area contributed by atoms with E-state index in [9.17, 15) is 13.6 Å². The predicted molar refractivity (Wildman–Crippen MR) is 60.9 cm³/mol. The Kier molecular flexibility index (Phi) is 3.62. The van der Waals surface area contributed by atoms with Crippen molar-refractivity contribution in [2.45, 2.75) is 6.67 Å². The molecule has 0 saturated heterocycles. The number of rotatable bonds is 4. The Morgan fingerprint density at radius 1 is 1.28 bits per heavy atom. The molecule has 5 heteroatoms. The van der Waals surface area contributed by atoms with E-state index in [0.29, 0.717) is 11.8 Å². The van der Waals surface area contributed by atoms with Gasteiger partial charge >= 0.3 is 0 Å². The molecule has 1 heterocycles. The van der Waals surface area contributed by atoms with Crippen molar-refractivity contribution in [2.24, 2.45) is 0 Å². The highest BCUT2D eigenvalue weighted by Gasteiger charge is 2.06. The summed E-state index contributed by atoms with van der Waals surface area (Å²) in [5.41, 5.74) is 0.563. The van der Waals surface area contributed by atoms with Gasteiger partial charge in [0.25, 0.3) is 0 Å². The van der Waals surface area contributed by atoms with Crippen molar-refractivity contribution in [1.82, 2.24) is 4.98 Å². The number of aromatic nitrogens is 1. The van der Waals surface area contributed by atoms with Crippen LogP contribution in [-0.4, -0.2) is 11.3 Å². The summed E-state index contributed by atoms with van der Waals surface area (Å²) in [4.78, 5) is 14.2. The first-order chi connectivity index (χ1) is 8.72. The van der Waals surface area contributed by atoms with E-state index in [4.69, 9.17) is 4.74 Å². The van der Waals surface area contributed by atoms with E-state index in [1.165, 1.54) is 30.6 Å². The van der Waals surface area contributed by atoms with Crippen LogP contribution in [0, 0.1) is 5.82 Å². The van der Waals surface area contributed by atoms with Gasteiger partial charge in [-0.25, -0.2) is 8.78 Å². The molecule has 0 bridgehead atoms. The Morgan fingerprint density at radius 2 is 2.11 bits per heavy atom. The van der Waals surface area contributed by atoms with Gasteiger partial charge in [-0.1, -0.05) is 0 Å². The Labute approximate surface area is 102 Å². The molecule has 0 aliphatic heterocycles. The number of carbonyl (C=O) groups is 1. The van der Waals surface area contributed by atoms with Gasteiger partial charge in [-0.2, -0.15) is 0 Å². The molecule has 0 aliphatic rings. The lowest BCUT2D eigenvalue weighted by Crippen LogP contribution is -1.92. The van der Waals surface area contributed by atoms with Crippen LogP contribution < -0.4 is 4.74 Å². The molecule has 18 heavy (non-hydrogen) atoms. The standard InChI is InChI=1S/C13H9F2NO2/c14-5-10-3-11(7-16-6-10)18-13-2-1-9(8-17)4-12(13)15/h1-4,6-8H,5H2. The van der Waals surface area contributed by atoms with Crippen LogP contribution in [0.1, 0.15) is 15.9 Å². The molecule has 0 fully saturated rings. The monoisotopic (exact) mass is 249 g/mol. The van der Waals surface area contributed by atoms with Crippen molar-refractivity contribution < 1.29 is 18.3 Å². The molecule has 2 aromatic rings. The minimum absolute atomic E-state index is 0.0431. The third-order valence-corrected chi connectivity index (χ3v) is 2.24. The van der Waals surface area contributed by atoms with Crippen LogP contribution in [0.4, 0.5) is 8.78 Å². The van der Waals surface area contributed by atoms with Crippen LogP contribution in [0.15, 0.2) is 36.7 Å². The molecular weight excluding hydrogens is 240 g/mol. The van der Waals surface area contributed by atoms with Crippen molar-refractivity contribution in [1.29, 1.82) is 0 Å². The molecule has 92 valence electrons. The summed E-state index contributed by atoms with van der Waals surface area (Å²) in [6.07, 6.45) is 3.25. The normalized spacial score (nSPS) is 10.1. The Balaban J connectivity index is 2.25. The van der Waals surface area contributed by atoms with Gasteiger partial charge in [-0.05, 0) is 24.3 Å². The molecule has 0 aliphatic carbocycles. The van der Waals surface area contributed by atoms with Gasteiger partial charge in [0.2, 0.25) is 0 Å². The Morgan fingerprint density at radius 3 is 2.78 bits per heavy atom. The molecular formula is C13H9F2NO2. The molecule has 0 amide bonds. The third kappa shape index (κ3) is 2.68. The summed E-state index contributed by atoms with van der Waals surface area (Å²) in [6.45, 7) is -0.670. The van der Waals surface area contributed by atoms with E-state index in [-0.39, 0.29) is 17.1 Å². The first-order valence-electron chi connectivity index (χ1n) is 5.15. The smallest absolute Gasteiger partial charge is 0.166 e. The number of carbonyl (C=O) groups excluding carboxylic acids is 1. The number of nitrogens with zero attached hydrogens (tertiary/aromatic N) is 1. The summed E-state index contributed by atoms with van der Waals surface area (Å²) < 4.78 is 31.2. The largest absolute Gasteiger partial charge is 0.453 e. The van der Waals surface area contributed by atoms with Gasteiger partial charge in [0, 0.05) is 17.3 Å². The van der Waals surface area contributed by atoms with Crippen LogP contribution in [0.5, 0.6) is 11.5 Å². The SMILES string of the molecule is O=Cc1ccc(Oc2cncc(CF)c2)c(F)c1. The highest BCUT2D eigenvalue weighted by atomic mass is 19.1. The molecule has 0 unspecified atom stereocenters. The van der Waals surface area contributed by atoms with Crippen molar-refractivity contribution in [3.63, 3.8) is 0 Å². The summed E-state index contributed by atoms with van der Waals surface area (Å²) >= 11 is 0. The van der Waals surface area contributed by atoms with Crippen LogP contribution in [0.3, 0.4) is 0 Å². The molecule has 3 nitrogen and oxygen atoms in total. The highest BCUT2D eigenvalue weighted by Crippen LogP contribution is 2.25. The van der Waals surface area contributed by atoms with Crippen LogP contribution in [0.25, 0.3) is 0 Å². The Bertz CT molecular complexity index is 573. The van der Waals surface area contributed by atoms with E-state index < -0.39 is 12.5 Å². The van der Waals surface area contributed by atoms with Crippen molar-refractivity contribution >= 4 is 6.29 Å². The lowest BCUT2D eigenvalue weighted by molar-refractivity contribution is 0.112. The van der Waals surface area contributed by atoms with Crippen LogP contribution >= 0.6 is 0 Å². The van der Waals surface area contributed by atoms with Crippen molar-refractivity contribution in [3.8, 4) is 11.5 Å². The number of ether oxygens (including phenoxy) is 1. The lowest BCUT2D eigenvalue weighted by Gasteiger charge is -2.07. The second-order valence-corrected chi connectivity index (χ2v) is 3.57. The van der Waals surface area contributed by atoms with E-state index >= 15 is 0 Å². The number of hydrogen-bond donors (Lipinski definition) is 0. The fourth-order valence-electron chi connectivity index (χ4n) is 1.39. The maximum absolute atomic E-state index is 13.5. The average molecular weight is 249 g/mol. The fourth-order valence-corrected chi connectivity index (χ4v) is 1.39. The highest BCUT2D eigenvalue weighted by molar-refractivity contribution is 5.75. The summed E-state index contributed by atoms with van der Waals surface area (Å²) in [6, 6.07) is 5.26. The maximum Gasteiger partial charge on any atom is 0.166 e. The molecule has 0 saturated carbocycles. The second kappa shape index (κ2) is 5.35. The molecule has 0 N–H and O–H groups in total. The number of hydrogen-bond acceptors (Lipinski definition) is 3. The first-order valence-corrected chi connectivity index (χ1v) is 5.15. The number of benzene rings is 1. The third-order valence-electron chi connectivity index (χ3n) is 2.24. The average Bonchev–Trinajstić information content (AvgIpc) is 2.41. The molecule has 1 aromatic heterocycles. The quantitative estimate of drug-likeness (QED) is 0.780. The van der Waals surface area contributed by atoms with E-state index in [0.717, 1.165) is 6.07 Å². The van der Waals surface area contributed by atoms with E-state index in [1.54, 1.807) is 0 Å². The topological polar surface area (TPSA) is 39.2 Å². The first kappa shape index (κ1) is 12.2. The minimum Gasteiger partial charge on any atom is -0.453 e. The number of pyridine rings is 1. The number of halogens is 2. The van der Waals surface area contributed by atoms with Crippen molar-refractivity contribution in [3.05, 3.63) is 53.6 Å². The van der Waals surface area contributed by atoms with E-state index in [2.05, 4.69) is 4.98 Å². The summed E-state index contributed by atoms with van der Waals surface area (Å²) in [7, 11) is 0. The molecule has 0 spiro atoms. The maximum atomic E-state index is 13.5. The number of aldehydes is 1. The van der Waals surface area contributed by atoms with Gasteiger partial charge in [0.1, 0.15) is 18.7 Å². The number of alkyl halides is 1. The zero-order valence-electron chi connectivity index (χ0n) is 9.27. The second-order valence-electron chi connectivity index (χ2n) is 3.57. The van der Waals surface area contributed by atoms with Crippen molar-refractivity contribution in [2.75, 3.05) is 0 Å². The minimum atomic E-state index is -0.670. The molecule has 1 aromatic carbocycles. The van der Waals surface area contributed by atoms with Crippen LogP contribution in [0.2, 0.25) is 0 Å². The summed E-state index contributed by atoms with van der Waals surface area (Å²) in [5, 5.41) is 0. The zero-order valence-corrected chi connectivity index (χ0v) is 9.27. The van der Waals surface area contributed by atoms with E-state index in [1.807, 2.05) is 0 Å². The Hall–Kier alpha value is -2.30. The van der Waals surface area contributed by atoms with Gasteiger partial charge in [0.05, 0.1) is 6.20 Å². The molecule has 0 radical (unpaired) electrons. The van der Waals surface area contributed by atoms with Crippen LogP contribution in [-0.2, 0) is 6.67 Å². The molecule has 0 atom stereocenters. The lowest BCUT2D eigenvalue weighted by atomic mass is 10.2. The van der Waals surface area contributed by atoms with Gasteiger partial charge < -0.3 is 4.74 Å². The fraction of sp³-hybridized carbons (Fsp3) is 0.0769. The zero-order chi connectivity index (χ0) is 13.0. The van der Waals surface area contributed by atoms with Gasteiger partial charge in [-0.3, -0.25) is 9.78 Å². The predicted octanol–water partition coefficient (Wildman–Crippen LogP) is 3.30. The molecule has 2 rings (SSSR count). The van der Waals surface area contributed by atoms with Gasteiger partial charge in [-0.15, -0.1) is 0 Å².